The maximum absolute atomic E-state index is 13.7. The first-order valence-corrected chi connectivity index (χ1v) is 15.6. The molecule has 2 aromatic heterocycles. The summed E-state index contributed by atoms with van der Waals surface area (Å²) in [5.74, 6) is -1.32. The number of aromatic nitrogens is 2. The summed E-state index contributed by atoms with van der Waals surface area (Å²) in [5, 5.41) is 0. The van der Waals surface area contributed by atoms with Crippen LogP contribution in [0.3, 0.4) is 0 Å². The molecule has 0 bridgehead atoms. The van der Waals surface area contributed by atoms with E-state index in [0.29, 0.717) is 46.8 Å². The lowest BCUT2D eigenvalue weighted by Crippen LogP contribution is -2.47. The van der Waals surface area contributed by atoms with Gasteiger partial charge < -0.3 is 0 Å². The van der Waals surface area contributed by atoms with Crippen molar-refractivity contribution >= 4 is 31.6 Å². The van der Waals surface area contributed by atoms with E-state index in [1.807, 2.05) is 0 Å². The van der Waals surface area contributed by atoms with E-state index in [9.17, 15) is 22.0 Å². The van der Waals surface area contributed by atoms with Crippen molar-refractivity contribution in [1.82, 2.24) is 18.8 Å². The molecule has 1 fully saturated rings. The van der Waals surface area contributed by atoms with Crippen LogP contribution in [-0.2, 0) is 29.4 Å². The second-order valence-corrected chi connectivity index (χ2v) is 13.4. The minimum Gasteiger partial charge on any atom is -0.296 e. The molecule has 6 rings (SSSR count). The first kappa shape index (κ1) is 26.2. The quantitative estimate of drug-likeness (QED) is 0.360. The van der Waals surface area contributed by atoms with Crippen molar-refractivity contribution in [2.75, 3.05) is 32.4 Å². The standard InChI is InChI=1S/C28H28F2N4O3S2/c1-39(36,37)33-8-6-32(7-9-33)16-18-2-3-20-13-24(5-4-19(20)10-18)34-17-31-25-15-26(38-27(25)28(34)35)21-11-22(29)14-23(30)12-21/h2-3,10-12,14-15,17,24H,4-9,13,16H2,1H3. The number of hydrogen-bond donors (Lipinski definition) is 0. The van der Waals surface area contributed by atoms with Crippen molar-refractivity contribution < 1.29 is 17.2 Å². The topological polar surface area (TPSA) is 75.5 Å². The van der Waals surface area contributed by atoms with E-state index >= 15 is 0 Å². The third-order valence-electron chi connectivity index (χ3n) is 7.68. The summed E-state index contributed by atoms with van der Waals surface area (Å²) < 4.78 is 54.7. The lowest BCUT2D eigenvalue weighted by molar-refractivity contribution is 0.182. The summed E-state index contributed by atoms with van der Waals surface area (Å²) in [4.78, 5) is 20.8. The summed E-state index contributed by atoms with van der Waals surface area (Å²) in [6, 6.07) is 11.5. The molecule has 3 heterocycles. The van der Waals surface area contributed by atoms with E-state index in [0.717, 1.165) is 31.9 Å². The molecule has 4 aromatic rings. The number of nitrogens with zero attached hydrogens (tertiary/aromatic N) is 4. The molecular formula is C28H28F2N4O3S2. The van der Waals surface area contributed by atoms with Crippen LogP contribution in [0.25, 0.3) is 20.7 Å². The second kappa shape index (κ2) is 10.2. The third kappa shape index (κ3) is 5.41. The highest BCUT2D eigenvalue weighted by molar-refractivity contribution is 7.88. The Balaban J connectivity index is 1.18. The molecule has 1 saturated heterocycles. The van der Waals surface area contributed by atoms with Crippen LogP contribution in [0.1, 0.15) is 29.2 Å². The maximum atomic E-state index is 13.7. The zero-order valence-corrected chi connectivity index (χ0v) is 23.1. The number of benzene rings is 2. The summed E-state index contributed by atoms with van der Waals surface area (Å²) in [6.07, 6.45) is 5.23. The second-order valence-electron chi connectivity index (χ2n) is 10.4. The molecule has 7 nitrogen and oxygen atoms in total. The Kier molecular flexibility index (Phi) is 6.86. The molecule has 0 spiro atoms. The van der Waals surface area contributed by atoms with Gasteiger partial charge in [0.2, 0.25) is 10.0 Å². The monoisotopic (exact) mass is 570 g/mol. The summed E-state index contributed by atoms with van der Waals surface area (Å²) >= 11 is 1.21. The number of halogens is 2. The van der Waals surface area contributed by atoms with Crippen molar-refractivity contribution in [3.63, 3.8) is 0 Å². The number of fused-ring (bicyclic) bond motifs is 2. The number of rotatable bonds is 5. The van der Waals surface area contributed by atoms with E-state index < -0.39 is 21.7 Å². The van der Waals surface area contributed by atoms with Gasteiger partial charge in [-0.2, -0.15) is 4.31 Å². The highest BCUT2D eigenvalue weighted by atomic mass is 32.2. The molecule has 0 N–H and O–H groups in total. The molecule has 1 aliphatic heterocycles. The van der Waals surface area contributed by atoms with Crippen molar-refractivity contribution in [2.45, 2.75) is 31.8 Å². The van der Waals surface area contributed by atoms with Crippen LogP contribution in [0.4, 0.5) is 8.78 Å². The van der Waals surface area contributed by atoms with Gasteiger partial charge in [0.15, 0.2) is 0 Å². The lowest BCUT2D eigenvalue weighted by Gasteiger charge is -2.33. The molecule has 0 saturated carbocycles. The van der Waals surface area contributed by atoms with Gasteiger partial charge in [0.25, 0.3) is 5.56 Å². The van der Waals surface area contributed by atoms with E-state index in [4.69, 9.17) is 0 Å². The third-order valence-corrected chi connectivity index (χ3v) is 10.1. The SMILES string of the molecule is CS(=O)(=O)N1CCN(Cc2ccc3c(c2)CCC(n2cnc4cc(-c5cc(F)cc(F)c5)sc4c2=O)C3)CC1. The fourth-order valence-electron chi connectivity index (χ4n) is 5.63. The predicted molar refractivity (Wildman–Crippen MR) is 148 cm³/mol. The molecule has 2 aliphatic rings. The highest BCUT2D eigenvalue weighted by Crippen LogP contribution is 2.33. The van der Waals surface area contributed by atoms with Crippen LogP contribution in [0.2, 0.25) is 0 Å². The van der Waals surface area contributed by atoms with Crippen LogP contribution in [0, 0.1) is 11.6 Å². The van der Waals surface area contributed by atoms with Gasteiger partial charge in [-0.15, -0.1) is 11.3 Å². The Bertz CT molecular complexity index is 1710. The summed E-state index contributed by atoms with van der Waals surface area (Å²) in [7, 11) is -3.14. The van der Waals surface area contributed by atoms with Gasteiger partial charge in [0.1, 0.15) is 16.3 Å². The van der Waals surface area contributed by atoms with E-state index in [1.54, 1.807) is 17.0 Å². The Morgan fingerprint density at radius 3 is 2.46 bits per heavy atom. The molecule has 0 radical (unpaired) electrons. The summed E-state index contributed by atoms with van der Waals surface area (Å²) in [5.41, 5.74) is 4.49. The van der Waals surface area contributed by atoms with E-state index in [1.165, 1.54) is 50.7 Å². The Labute approximate surface area is 229 Å². The van der Waals surface area contributed by atoms with Crippen molar-refractivity contribution in [3.05, 3.63) is 87.5 Å². The number of thiophene rings is 1. The average molecular weight is 571 g/mol. The first-order valence-electron chi connectivity index (χ1n) is 12.9. The van der Waals surface area contributed by atoms with Crippen molar-refractivity contribution in [1.29, 1.82) is 0 Å². The molecule has 204 valence electrons. The van der Waals surface area contributed by atoms with Crippen LogP contribution in [0.5, 0.6) is 0 Å². The molecule has 39 heavy (non-hydrogen) atoms. The lowest BCUT2D eigenvalue weighted by atomic mass is 9.87. The Hall–Kier alpha value is -2.99. The summed E-state index contributed by atoms with van der Waals surface area (Å²) in [6.45, 7) is 3.24. The molecule has 0 amide bonds. The number of piperazine rings is 1. The van der Waals surface area contributed by atoms with Crippen molar-refractivity contribution in [2.24, 2.45) is 0 Å². The van der Waals surface area contributed by atoms with Gasteiger partial charge in [-0.1, -0.05) is 18.2 Å². The smallest absolute Gasteiger partial charge is 0.271 e. The van der Waals surface area contributed by atoms with Crippen molar-refractivity contribution in [3.8, 4) is 10.4 Å². The van der Waals surface area contributed by atoms with Gasteiger partial charge in [0, 0.05) is 49.7 Å². The molecular weight excluding hydrogens is 542 g/mol. The van der Waals surface area contributed by atoms with Gasteiger partial charge in [-0.3, -0.25) is 14.3 Å². The van der Waals surface area contributed by atoms with Crippen LogP contribution in [-0.4, -0.2) is 59.6 Å². The predicted octanol–water partition coefficient (Wildman–Crippen LogP) is 4.21. The Morgan fingerprint density at radius 2 is 1.74 bits per heavy atom. The highest BCUT2D eigenvalue weighted by Gasteiger charge is 2.25. The number of hydrogen-bond acceptors (Lipinski definition) is 6. The van der Waals surface area contributed by atoms with E-state index in [-0.39, 0.29) is 11.6 Å². The van der Waals surface area contributed by atoms with Gasteiger partial charge >= 0.3 is 0 Å². The zero-order chi connectivity index (χ0) is 27.3. The van der Waals surface area contributed by atoms with Gasteiger partial charge in [-0.05, 0) is 59.7 Å². The zero-order valence-electron chi connectivity index (χ0n) is 21.4. The van der Waals surface area contributed by atoms with Gasteiger partial charge in [-0.25, -0.2) is 22.2 Å². The maximum Gasteiger partial charge on any atom is 0.271 e. The van der Waals surface area contributed by atoms with Crippen LogP contribution in [0.15, 0.2) is 53.6 Å². The molecule has 2 aromatic carbocycles. The normalized spacial score (nSPS) is 18.9. The Morgan fingerprint density at radius 1 is 1.00 bits per heavy atom. The molecule has 1 atom stereocenters. The largest absolute Gasteiger partial charge is 0.296 e. The average Bonchev–Trinajstić information content (AvgIpc) is 3.34. The van der Waals surface area contributed by atoms with Crippen LogP contribution < -0.4 is 5.56 Å². The molecule has 11 heteroatoms. The van der Waals surface area contributed by atoms with Crippen LogP contribution >= 0.6 is 11.3 Å². The first-order chi connectivity index (χ1) is 18.6. The minimum atomic E-state index is -3.14. The molecule has 1 aliphatic carbocycles. The fraction of sp³-hybridized carbons (Fsp3) is 0.357. The number of sulfonamides is 1. The minimum absolute atomic E-state index is 0.0195. The number of aryl methyl sites for hydroxylation is 1. The van der Waals surface area contributed by atoms with Gasteiger partial charge in [0.05, 0.1) is 18.1 Å². The van der Waals surface area contributed by atoms with E-state index in [2.05, 4.69) is 28.1 Å². The fourth-order valence-corrected chi connectivity index (χ4v) is 7.49. The molecule has 1 unspecified atom stereocenters.